The first-order valence-corrected chi connectivity index (χ1v) is 5.12. The molecule has 0 saturated heterocycles. The van der Waals surface area contributed by atoms with E-state index in [4.69, 9.17) is 0 Å². The lowest BCUT2D eigenvalue weighted by atomic mass is 10.0. The summed E-state index contributed by atoms with van der Waals surface area (Å²) in [5.74, 6) is -1.25. The van der Waals surface area contributed by atoms with Gasteiger partial charge in [0.1, 0.15) is 5.82 Å². The molecule has 0 aliphatic rings. The minimum Gasteiger partial charge on any atom is -0.206 e. The predicted octanol–water partition coefficient (Wildman–Crippen LogP) is 4.51. The normalized spacial score (nSPS) is 11.1. The topological polar surface area (TPSA) is 0 Å². The third-order valence-electron chi connectivity index (χ3n) is 2.43. The van der Waals surface area contributed by atoms with Crippen LogP contribution in [0.3, 0.4) is 0 Å². The minimum atomic E-state index is -4.66. The zero-order valence-corrected chi connectivity index (χ0v) is 9.37. The molecule has 0 nitrogen and oxygen atoms in total. The number of benzene rings is 1. The summed E-state index contributed by atoms with van der Waals surface area (Å²) in [6.07, 6.45) is -3.70. The van der Waals surface area contributed by atoms with E-state index < -0.39 is 17.6 Å². The molecule has 0 heterocycles. The van der Waals surface area contributed by atoms with Gasteiger partial charge in [0.25, 0.3) is 0 Å². The molecule has 0 amide bonds. The third-order valence-corrected chi connectivity index (χ3v) is 2.43. The van der Waals surface area contributed by atoms with E-state index in [2.05, 4.69) is 12.3 Å². The smallest absolute Gasteiger partial charge is 0.206 e. The molecule has 0 atom stereocenters. The highest BCUT2D eigenvalue weighted by Gasteiger charge is 2.34. The lowest BCUT2D eigenvalue weighted by molar-refractivity contribution is -0.140. The Morgan fingerprint density at radius 2 is 2.00 bits per heavy atom. The van der Waals surface area contributed by atoms with Gasteiger partial charge in [0.2, 0.25) is 0 Å². The van der Waals surface area contributed by atoms with Crippen molar-refractivity contribution in [1.82, 2.24) is 0 Å². The molecule has 1 aromatic carbocycles. The van der Waals surface area contributed by atoms with Crippen LogP contribution in [-0.2, 0) is 12.6 Å². The molecular weight excluding hydrogens is 232 g/mol. The lowest BCUT2D eigenvalue weighted by Gasteiger charge is -2.10. The first kappa shape index (κ1) is 13.5. The van der Waals surface area contributed by atoms with Crippen LogP contribution in [0, 0.1) is 5.82 Å². The number of halogens is 4. The van der Waals surface area contributed by atoms with E-state index in [0.29, 0.717) is 18.4 Å². The van der Waals surface area contributed by atoms with E-state index >= 15 is 0 Å². The standard InChI is InChI=1S/C13H12F4/c1-3-9(4-2)7-10-5-6-12(14)11(8-10)13(15,16)17/h5-6,8H,1,4,7H2,2H3. The highest BCUT2D eigenvalue weighted by Crippen LogP contribution is 2.32. The van der Waals surface area contributed by atoms with E-state index in [1.807, 2.05) is 6.92 Å². The highest BCUT2D eigenvalue weighted by atomic mass is 19.4. The Balaban J connectivity index is 3.09. The maximum atomic E-state index is 13.0. The van der Waals surface area contributed by atoms with E-state index in [0.717, 1.165) is 17.7 Å². The van der Waals surface area contributed by atoms with Gasteiger partial charge in [-0.2, -0.15) is 13.2 Å². The fourth-order valence-corrected chi connectivity index (χ4v) is 1.46. The van der Waals surface area contributed by atoms with E-state index in [9.17, 15) is 17.6 Å². The minimum absolute atomic E-state index is 0.309. The maximum Gasteiger partial charge on any atom is 0.419 e. The lowest BCUT2D eigenvalue weighted by Crippen LogP contribution is -2.09. The third kappa shape index (κ3) is 3.46. The molecule has 1 rings (SSSR count). The van der Waals surface area contributed by atoms with Gasteiger partial charge in [-0.25, -0.2) is 4.39 Å². The summed E-state index contributed by atoms with van der Waals surface area (Å²) in [5.41, 5.74) is 2.64. The SMILES string of the molecule is C=C=C(CC)Cc1ccc(F)c(C(F)(F)F)c1. The second-order valence-corrected chi connectivity index (χ2v) is 3.62. The summed E-state index contributed by atoms with van der Waals surface area (Å²) >= 11 is 0. The van der Waals surface area contributed by atoms with E-state index in [-0.39, 0.29) is 0 Å². The van der Waals surface area contributed by atoms with Gasteiger partial charge in [0, 0.05) is 6.42 Å². The Morgan fingerprint density at radius 1 is 1.35 bits per heavy atom. The summed E-state index contributed by atoms with van der Waals surface area (Å²) in [4.78, 5) is 0. The van der Waals surface area contributed by atoms with Crippen LogP contribution >= 0.6 is 0 Å². The zero-order chi connectivity index (χ0) is 13.1. The quantitative estimate of drug-likeness (QED) is 0.542. The van der Waals surface area contributed by atoms with Crippen molar-refractivity contribution in [2.24, 2.45) is 0 Å². The molecule has 0 fully saturated rings. The fraction of sp³-hybridized carbons (Fsp3) is 0.308. The summed E-state index contributed by atoms with van der Waals surface area (Å²) < 4.78 is 50.4. The predicted molar refractivity (Wildman–Crippen MR) is 58.1 cm³/mol. The molecule has 0 aliphatic heterocycles. The highest BCUT2D eigenvalue weighted by molar-refractivity contribution is 5.30. The Hall–Kier alpha value is -1.54. The van der Waals surface area contributed by atoms with Crippen LogP contribution in [0.15, 0.2) is 36.1 Å². The van der Waals surface area contributed by atoms with E-state index in [1.165, 1.54) is 6.07 Å². The van der Waals surface area contributed by atoms with Gasteiger partial charge in [0.15, 0.2) is 0 Å². The maximum absolute atomic E-state index is 13.0. The molecule has 0 unspecified atom stereocenters. The molecule has 0 N–H and O–H groups in total. The second kappa shape index (κ2) is 5.19. The van der Waals surface area contributed by atoms with Crippen LogP contribution in [0.4, 0.5) is 17.6 Å². The van der Waals surface area contributed by atoms with Crippen molar-refractivity contribution in [2.75, 3.05) is 0 Å². The van der Waals surface area contributed by atoms with Crippen molar-refractivity contribution in [3.05, 3.63) is 53.0 Å². The Labute approximate surface area is 97.3 Å². The van der Waals surface area contributed by atoms with Gasteiger partial charge >= 0.3 is 6.18 Å². The van der Waals surface area contributed by atoms with Crippen molar-refractivity contribution in [1.29, 1.82) is 0 Å². The number of hydrogen-bond acceptors (Lipinski definition) is 0. The first-order valence-electron chi connectivity index (χ1n) is 5.12. The van der Waals surface area contributed by atoms with E-state index in [1.54, 1.807) is 0 Å². The van der Waals surface area contributed by atoms with Gasteiger partial charge in [0.05, 0.1) is 5.56 Å². The van der Waals surface area contributed by atoms with Gasteiger partial charge < -0.3 is 0 Å². The average molecular weight is 244 g/mol. The number of rotatable bonds is 3. The number of alkyl halides is 3. The van der Waals surface area contributed by atoms with Crippen LogP contribution in [0.1, 0.15) is 24.5 Å². The molecule has 0 spiro atoms. The molecule has 0 radical (unpaired) electrons. The molecule has 0 bridgehead atoms. The molecule has 17 heavy (non-hydrogen) atoms. The summed E-state index contributed by atoms with van der Waals surface area (Å²) in [6.45, 7) is 5.32. The zero-order valence-electron chi connectivity index (χ0n) is 9.37. The van der Waals surface area contributed by atoms with Crippen molar-refractivity contribution in [2.45, 2.75) is 25.9 Å². The number of hydrogen-bond donors (Lipinski definition) is 0. The fourth-order valence-electron chi connectivity index (χ4n) is 1.46. The molecule has 92 valence electrons. The van der Waals surface area contributed by atoms with Crippen molar-refractivity contribution >= 4 is 0 Å². The first-order chi connectivity index (χ1) is 7.88. The van der Waals surface area contributed by atoms with Gasteiger partial charge in [-0.3, -0.25) is 0 Å². The molecule has 1 aromatic rings. The molecule has 4 heteroatoms. The molecule has 0 aromatic heterocycles. The molecular formula is C13H12F4. The van der Waals surface area contributed by atoms with Crippen molar-refractivity contribution < 1.29 is 17.6 Å². The summed E-state index contributed by atoms with van der Waals surface area (Å²) in [5, 5.41) is 0. The second-order valence-electron chi connectivity index (χ2n) is 3.62. The van der Waals surface area contributed by atoms with Crippen LogP contribution in [-0.4, -0.2) is 0 Å². The summed E-state index contributed by atoms with van der Waals surface area (Å²) in [7, 11) is 0. The Bertz CT molecular complexity index is 451. The largest absolute Gasteiger partial charge is 0.419 e. The average Bonchev–Trinajstić information content (AvgIpc) is 2.26. The number of allylic oxidation sites excluding steroid dienone is 1. The molecule has 0 aliphatic carbocycles. The van der Waals surface area contributed by atoms with Gasteiger partial charge in [-0.1, -0.05) is 19.6 Å². The van der Waals surface area contributed by atoms with Gasteiger partial charge in [-0.05, 0) is 29.7 Å². The molecule has 0 saturated carbocycles. The Kier molecular flexibility index (Phi) is 4.13. The van der Waals surface area contributed by atoms with Crippen LogP contribution in [0.5, 0.6) is 0 Å². The van der Waals surface area contributed by atoms with Crippen LogP contribution in [0.2, 0.25) is 0 Å². The Morgan fingerprint density at radius 3 is 2.47 bits per heavy atom. The van der Waals surface area contributed by atoms with Crippen LogP contribution in [0.25, 0.3) is 0 Å². The summed E-state index contributed by atoms with van der Waals surface area (Å²) in [6, 6.07) is 3.02. The van der Waals surface area contributed by atoms with Gasteiger partial charge in [-0.15, -0.1) is 5.73 Å². The van der Waals surface area contributed by atoms with Crippen molar-refractivity contribution in [3.63, 3.8) is 0 Å². The monoisotopic (exact) mass is 244 g/mol. The van der Waals surface area contributed by atoms with Crippen molar-refractivity contribution in [3.8, 4) is 0 Å². The van der Waals surface area contributed by atoms with Crippen LogP contribution < -0.4 is 0 Å².